The molecular formula is C12H15FN2O3. The highest BCUT2D eigenvalue weighted by atomic mass is 19.1. The number of nitrogens with one attached hydrogen (secondary N) is 2. The normalized spacial score (nSPS) is 10.1. The van der Waals surface area contributed by atoms with Crippen molar-refractivity contribution in [3.05, 3.63) is 29.6 Å². The fourth-order valence-corrected chi connectivity index (χ4v) is 1.39. The second-order valence-corrected chi connectivity index (χ2v) is 3.76. The van der Waals surface area contributed by atoms with E-state index in [2.05, 4.69) is 10.6 Å². The molecule has 0 radical (unpaired) electrons. The van der Waals surface area contributed by atoms with E-state index in [0.717, 1.165) is 18.2 Å². The number of anilines is 1. The van der Waals surface area contributed by atoms with Crippen LogP contribution in [-0.2, 0) is 4.79 Å². The summed E-state index contributed by atoms with van der Waals surface area (Å²) in [6.07, 6.45) is 0.875. The lowest BCUT2D eigenvalue weighted by Gasteiger charge is -2.07. The smallest absolute Gasteiger partial charge is 0.335 e. The Morgan fingerprint density at radius 2 is 2.11 bits per heavy atom. The van der Waals surface area contributed by atoms with Crippen LogP contribution in [0.4, 0.5) is 10.1 Å². The Hall–Kier alpha value is -1.95. The van der Waals surface area contributed by atoms with Gasteiger partial charge in [0.05, 0.1) is 11.3 Å². The highest BCUT2D eigenvalue weighted by Gasteiger charge is 2.10. The summed E-state index contributed by atoms with van der Waals surface area (Å²) in [5.41, 5.74) is -0.175. The molecule has 3 N–H and O–H groups in total. The summed E-state index contributed by atoms with van der Waals surface area (Å²) in [5, 5.41) is 14.0. The highest BCUT2D eigenvalue weighted by molar-refractivity contribution is 5.94. The van der Waals surface area contributed by atoms with Gasteiger partial charge < -0.3 is 15.7 Å². The van der Waals surface area contributed by atoms with E-state index < -0.39 is 11.8 Å². The van der Waals surface area contributed by atoms with Crippen molar-refractivity contribution >= 4 is 17.6 Å². The third-order valence-corrected chi connectivity index (χ3v) is 2.32. The number of carbonyl (C=O) groups excluding carboxylic acids is 1. The summed E-state index contributed by atoms with van der Waals surface area (Å²) >= 11 is 0. The molecule has 0 heterocycles. The van der Waals surface area contributed by atoms with Gasteiger partial charge in [0.1, 0.15) is 5.82 Å². The van der Waals surface area contributed by atoms with Crippen LogP contribution in [0.15, 0.2) is 18.2 Å². The third-order valence-electron chi connectivity index (χ3n) is 2.32. The SMILES string of the molecule is CNCCCC(=O)Nc1cc(C(=O)O)ccc1F. The van der Waals surface area contributed by atoms with Gasteiger partial charge in [0, 0.05) is 6.42 Å². The first-order chi connectivity index (χ1) is 8.54. The van der Waals surface area contributed by atoms with Crippen LogP contribution in [0.3, 0.4) is 0 Å². The Morgan fingerprint density at radius 1 is 1.39 bits per heavy atom. The fraction of sp³-hybridized carbons (Fsp3) is 0.333. The number of hydrogen-bond acceptors (Lipinski definition) is 3. The molecule has 1 amide bonds. The minimum atomic E-state index is -1.17. The molecule has 0 aromatic heterocycles. The first-order valence-electron chi connectivity index (χ1n) is 5.52. The summed E-state index contributed by atoms with van der Waals surface area (Å²) in [5.74, 6) is -2.16. The zero-order valence-corrected chi connectivity index (χ0v) is 10.00. The van der Waals surface area contributed by atoms with Crippen LogP contribution in [0.1, 0.15) is 23.2 Å². The average Bonchev–Trinajstić information content (AvgIpc) is 2.32. The topological polar surface area (TPSA) is 78.4 Å². The summed E-state index contributed by atoms with van der Waals surface area (Å²) in [7, 11) is 1.77. The summed E-state index contributed by atoms with van der Waals surface area (Å²) in [6, 6.07) is 3.27. The van der Waals surface area contributed by atoms with Gasteiger partial charge in [-0.15, -0.1) is 0 Å². The first kappa shape index (κ1) is 14.1. The zero-order chi connectivity index (χ0) is 13.5. The summed E-state index contributed by atoms with van der Waals surface area (Å²) in [4.78, 5) is 22.2. The van der Waals surface area contributed by atoms with E-state index in [1.54, 1.807) is 7.05 Å². The molecule has 5 nitrogen and oxygen atoms in total. The molecular weight excluding hydrogens is 239 g/mol. The second-order valence-electron chi connectivity index (χ2n) is 3.76. The number of hydrogen-bond donors (Lipinski definition) is 3. The molecule has 1 rings (SSSR count). The molecule has 0 saturated carbocycles. The standard InChI is InChI=1S/C12H15FN2O3/c1-14-6-2-3-11(16)15-10-7-8(12(17)18)4-5-9(10)13/h4-5,7,14H,2-3,6H2,1H3,(H,15,16)(H,17,18). The van der Waals surface area contributed by atoms with E-state index in [-0.39, 0.29) is 23.6 Å². The van der Waals surface area contributed by atoms with Crippen LogP contribution in [0, 0.1) is 5.82 Å². The van der Waals surface area contributed by atoms with Gasteiger partial charge in [0.15, 0.2) is 0 Å². The molecule has 98 valence electrons. The molecule has 0 atom stereocenters. The van der Waals surface area contributed by atoms with Gasteiger partial charge in [-0.05, 0) is 38.2 Å². The summed E-state index contributed by atoms with van der Waals surface area (Å²) < 4.78 is 13.4. The molecule has 0 aliphatic heterocycles. The number of amides is 1. The first-order valence-corrected chi connectivity index (χ1v) is 5.52. The van der Waals surface area contributed by atoms with Gasteiger partial charge in [-0.25, -0.2) is 9.18 Å². The molecule has 18 heavy (non-hydrogen) atoms. The molecule has 0 aliphatic carbocycles. The van der Waals surface area contributed by atoms with E-state index in [4.69, 9.17) is 5.11 Å². The van der Waals surface area contributed by atoms with Crippen LogP contribution in [0.5, 0.6) is 0 Å². The van der Waals surface area contributed by atoms with Crippen molar-refractivity contribution in [2.75, 3.05) is 18.9 Å². The molecule has 0 aliphatic rings. The van der Waals surface area contributed by atoms with Crippen LogP contribution < -0.4 is 10.6 Å². The lowest BCUT2D eigenvalue weighted by atomic mass is 10.2. The van der Waals surface area contributed by atoms with Gasteiger partial charge in [0.25, 0.3) is 0 Å². The van der Waals surface area contributed by atoms with E-state index in [1.165, 1.54) is 0 Å². The quantitative estimate of drug-likeness (QED) is 0.672. The van der Waals surface area contributed by atoms with Crippen molar-refractivity contribution in [2.24, 2.45) is 0 Å². The largest absolute Gasteiger partial charge is 0.478 e. The number of rotatable bonds is 6. The van der Waals surface area contributed by atoms with E-state index in [9.17, 15) is 14.0 Å². The predicted molar refractivity (Wildman–Crippen MR) is 65.1 cm³/mol. The minimum absolute atomic E-state index is 0.0677. The van der Waals surface area contributed by atoms with Crippen LogP contribution >= 0.6 is 0 Å². The lowest BCUT2D eigenvalue weighted by molar-refractivity contribution is -0.116. The van der Waals surface area contributed by atoms with Gasteiger partial charge in [-0.2, -0.15) is 0 Å². The Balaban J connectivity index is 2.68. The van der Waals surface area contributed by atoms with Crippen molar-refractivity contribution in [1.82, 2.24) is 5.32 Å². The molecule has 0 unspecified atom stereocenters. The molecule has 0 saturated heterocycles. The van der Waals surface area contributed by atoms with Crippen LogP contribution in [0.25, 0.3) is 0 Å². The Labute approximate surface area is 104 Å². The number of carboxylic acid groups (broad SMARTS) is 1. The van der Waals surface area contributed by atoms with E-state index >= 15 is 0 Å². The Morgan fingerprint density at radius 3 is 2.72 bits per heavy atom. The predicted octanol–water partition coefficient (Wildman–Crippen LogP) is 1.46. The highest BCUT2D eigenvalue weighted by Crippen LogP contribution is 2.16. The number of halogens is 1. The number of aromatic carboxylic acids is 1. The van der Waals surface area contributed by atoms with E-state index in [1.807, 2.05) is 0 Å². The molecule has 1 aromatic rings. The van der Waals surface area contributed by atoms with Crippen LogP contribution in [0.2, 0.25) is 0 Å². The Bertz CT molecular complexity index is 449. The van der Waals surface area contributed by atoms with Crippen molar-refractivity contribution in [1.29, 1.82) is 0 Å². The van der Waals surface area contributed by atoms with Crippen molar-refractivity contribution in [2.45, 2.75) is 12.8 Å². The maximum atomic E-state index is 13.4. The van der Waals surface area contributed by atoms with Crippen LogP contribution in [-0.4, -0.2) is 30.6 Å². The second kappa shape index (κ2) is 6.70. The van der Waals surface area contributed by atoms with Crippen molar-refractivity contribution < 1.29 is 19.1 Å². The minimum Gasteiger partial charge on any atom is -0.478 e. The number of carboxylic acids is 1. The maximum Gasteiger partial charge on any atom is 0.335 e. The van der Waals surface area contributed by atoms with Gasteiger partial charge in [-0.3, -0.25) is 4.79 Å². The van der Waals surface area contributed by atoms with Crippen molar-refractivity contribution in [3.8, 4) is 0 Å². The van der Waals surface area contributed by atoms with Gasteiger partial charge >= 0.3 is 5.97 Å². The third kappa shape index (κ3) is 4.14. The number of benzene rings is 1. The summed E-state index contributed by atoms with van der Waals surface area (Å²) in [6.45, 7) is 0.686. The molecule has 0 fully saturated rings. The molecule has 0 spiro atoms. The monoisotopic (exact) mass is 254 g/mol. The van der Waals surface area contributed by atoms with E-state index in [0.29, 0.717) is 13.0 Å². The van der Waals surface area contributed by atoms with Gasteiger partial charge in [0.2, 0.25) is 5.91 Å². The fourth-order valence-electron chi connectivity index (χ4n) is 1.39. The molecule has 1 aromatic carbocycles. The molecule has 6 heteroatoms. The maximum absolute atomic E-state index is 13.4. The average molecular weight is 254 g/mol. The Kier molecular flexibility index (Phi) is 5.26. The molecule has 0 bridgehead atoms. The zero-order valence-electron chi connectivity index (χ0n) is 10.00. The number of carbonyl (C=O) groups is 2. The van der Waals surface area contributed by atoms with Crippen molar-refractivity contribution in [3.63, 3.8) is 0 Å². The van der Waals surface area contributed by atoms with Gasteiger partial charge in [-0.1, -0.05) is 0 Å². The lowest BCUT2D eigenvalue weighted by Crippen LogP contribution is -2.16.